The van der Waals surface area contributed by atoms with Crippen LogP contribution in [-0.2, 0) is 16.2 Å². The Morgan fingerprint density at radius 2 is 2.15 bits per heavy atom. The SMILES string of the molecule is CCCn1cc(NC(=O)[C@@H]2CC(c3ccc(Cl)cc3Cl)=NO2)ccc1=O. The molecule has 1 amide bonds. The van der Waals surface area contributed by atoms with Crippen LogP contribution < -0.4 is 10.9 Å². The summed E-state index contributed by atoms with van der Waals surface area (Å²) in [6.07, 6.45) is 1.98. The number of carbonyl (C=O) groups is 1. The summed E-state index contributed by atoms with van der Waals surface area (Å²) in [5.74, 6) is -0.337. The molecule has 0 saturated carbocycles. The van der Waals surface area contributed by atoms with Gasteiger partial charge in [0.05, 0.1) is 16.4 Å². The lowest BCUT2D eigenvalue weighted by Crippen LogP contribution is -2.29. The molecule has 1 aromatic carbocycles. The van der Waals surface area contributed by atoms with Gasteiger partial charge in [0.15, 0.2) is 0 Å². The number of amides is 1. The number of nitrogens with one attached hydrogen (secondary N) is 1. The molecule has 0 unspecified atom stereocenters. The van der Waals surface area contributed by atoms with E-state index in [1.165, 1.54) is 6.07 Å². The summed E-state index contributed by atoms with van der Waals surface area (Å²) in [4.78, 5) is 29.4. The van der Waals surface area contributed by atoms with Crippen LogP contribution in [0.1, 0.15) is 25.3 Å². The second-order valence-electron chi connectivity index (χ2n) is 5.90. The van der Waals surface area contributed by atoms with Gasteiger partial charge in [0.25, 0.3) is 11.5 Å². The standard InChI is InChI=1S/C18H17Cl2N3O3/c1-2-7-23-10-12(4-6-17(23)24)21-18(25)16-9-15(22-26-16)13-5-3-11(19)8-14(13)20/h3-6,8,10,16H,2,7,9H2,1H3,(H,21,25)/t16-/m0/s1. The predicted molar refractivity (Wildman–Crippen MR) is 102 cm³/mol. The van der Waals surface area contributed by atoms with Crippen LogP contribution in [0.4, 0.5) is 5.69 Å². The molecule has 0 spiro atoms. The van der Waals surface area contributed by atoms with Crippen LogP contribution in [0.5, 0.6) is 0 Å². The smallest absolute Gasteiger partial charge is 0.268 e. The Morgan fingerprint density at radius 3 is 2.88 bits per heavy atom. The summed E-state index contributed by atoms with van der Waals surface area (Å²) >= 11 is 12.1. The molecule has 1 aliphatic rings. The quantitative estimate of drug-likeness (QED) is 0.841. The van der Waals surface area contributed by atoms with Gasteiger partial charge in [-0.3, -0.25) is 9.59 Å². The van der Waals surface area contributed by atoms with Gasteiger partial charge in [0, 0.05) is 35.8 Å². The largest absolute Gasteiger partial charge is 0.382 e. The Labute approximate surface area is 160 Å². The van der Waals surface area contributed by atoms with Crippen LogP contribution in [0, 0.1) is 0 Å². The van der Waals surface area contributed by atoms with Gasteiger partial charge in [0.2, 0.25) is 6.10 Å². The van der Waals surface area contributed by atoms with Gasteiger partial charge in [-0.1, -0.05) is 41.3 Å². The molecule has 1 aromatic heterocycles. The van der Waals surface area contributed by atoms with Gasteiger partial charge in [0.1, 0.15) is 0 Å². The highest BCUT2D eigenvalue weighted by Gasteiger charge is 2.30. The van der Waals surface area contributed by atoms with Crippen molar-refractivity contribution in [1.82, 2.24) is 4.57 Å². The Hall–Kier alpha value is -2.31. The number of aryl methyl sites for hydroxylation is 1. The first-order valence-corrected chi connectivity index (χ1v) is 8.93. The highest BCUT2D eigenvalue weighted by molar-refractivity contribution is 6.37. The van der Waals surface area contributed by atoms with E-state index in [-0.39, 0.29) is 11.5 Å². The molecule has 0 radical (unpaired) electrons. The van der Waals surface area contributed by atoms with E-state index in [0.717, 1.165) is 6.42 Å². The second-order valence-corrected chi connectivity index (χ2v) is 6.74. The third-order valence-electron chi connectivity index (χ3n) is 3.92. The molecule has 2 heterocycles. The van der Waals surface area contributed by atoms with E-state index in [9.17, 15) is 9.59 Å². The molecular weight excluding hydrogens is 377 g/mol. The van der Waals surface area contributed by atoms with Crippen molar-refractivity contribution in [2.45, 2.75) is 32.4 Å². The first kappa shape index (κ1) is 18.5. The first-order chi connectivity index (χ1) is 12.5. The van der Waals surface area contributed by atoms with E-state index in [1.807, 2.05) is 6.92 Å². The zero-order valence-corrected chi connectivity index (χ0v) is 15.5. The minimum Gasteiger partial charge on any atom is -0.382 e. The molecule has 1 aliphatic heterocycles. The van der Waals surface area contributed by atoms with Crippen LogP contribution >= 0.6 is 23.2 Å². The molecular formula is C18H17Cl2N3O3. The van der Waals surface area contributed by atoms with E-state index >= 15 is 0 Å². The number of rotatable bonds is 5. The lowest BCUT2D eigenvalue weighted by atomic mass is 10.0. The van der Waals surface area contributed by atoms with Gasteiger partial charge >= 0.3 is 0 Å². The fourth-order valence-corrected chi connectivity index (χ4v) is 3.16. The topological polar surface area (TPSA) is 72.7 Å². The Bertz CT molecular complexity index is 924. The Balaban J connectivity index is 1.67. The maximum absolute atomic E-state index is 12.4. The number of aromatic nitrogens is 1. The number of hydrogen-bond donors (Lipinski definition) is 1. The average molecular weight is 394 g/mol. The maximum Gasteiger partial charge on any atom is 0.268 e. The van der Waals surface area contributed by atoms with Gasteiger partial charge in [-0.25, -0.2) is 0 Å². The van der Waals surface area contributed by atoms with E-state index in [1.54, 1.807) is 35.0 Å². The van der Waals surface area contributed by atoms with Crippen LogP contribution in [0.3, 0.4) is 0 Å². The summed E-state index contributed by atoms with van der Waals surface area (Å²) in [6.45, 7) is 2.57. The highest BCUT2D eigenvalue weighted by atomic mass is 35.5. The number of benzene rings is 1. The van der Waals surface area contributed by atoms with Crippen molar-refractivity contribution in [2.24, 2.45) is 5.16 Å². The highest BCUT2D eigenvalue weighted by Crippen LogP contribution is 2.26. The normalized spacial score (nSPS) is 16.1. The molecule has 1 atom stereocenters. The van der Waals surface area contributed by atoms with Gasteiger partial charge in [-0.15, -0.1) is 0 Å². The maximum atomic E-state index is 12.4. The third kappa shape index (κ3) is 4.08. The van der Waals surface area contributed by atoms with Crippen molar-refractivity contribution in [2.75, 3.05) is 5.32 Å². The average Bonchev–Trinajstić information content (AvgIpc) is 3.08. The van der Waals surface area contributed by atoms with Crippen molar-refractivity contribution in [3.63, 3.8) is 0 Å². The van der Waals surface area contributed by atoms with E-state index in [2.05, 4.69) is 10.5 Å². The number of carbonyl (C=O) groups excluding carboxylic acids is 1. The van der Waals surface area contributed by atoms with Gasteiger partial charge in [-0.2, -0.15) is 0 Å². The minimum atomic E-state index is -0.761. The monoisotopic (exact) mass is 393 g/mol. The molecule has 0 aliphatic carbocycles. The number of nitrogens with zero attached hydrogens (tertiary/aromatic N) is 2. The van der Waals surface area contributed by atoms with Gasteiger partial charge in [-0.05, 0) is 24.6 Å². The molecule has 26 heavy (non-hydrogen) atoms. The molecule has 1 N–H and O–H groups in total. The molecule has 2 aromatic rings. The minimum absolute atomic E-state index is 0.107. The number of halogens is 2. The fraction of sp³-hybridized carbons (Fsp3) is 0.278. The molecule has 3 rings (SSSR count). The fourth-order valence-electron chi connectivity index (χ4n) is 2.64. The summed E-state index contributed by atoms with van der Waals surface area (Å²) in [7, 11) is 0. The Morgan fingerprint density at radius 1 is 1.35 bits per heavy atom. The summed E-state index contributed by atoms with van der Waals surface area (Å²) < 4.78 is 1.56. The third-order valence-corrected chi connectivity index (χ3v) is 4.47. The predicted octanol–water partition coefficient (Wildman–Crippen LogP) is 3.70. The van der Waals surface area contributed by atoms with Crippen LogP contribution in [0.2, 0.25) is 10.0 Å². The van der Waals surface area contributed by atoms with E-state index < -0.39 is 6.10 Å². The molecule has 6 nitrogen and oxygen atoms in total. The van der Waals surface area contributed by atoms with E-state index in [0.29, 0.717) is 40.0 Å². The van der Waals surface area contributed by atoms with Crippen LogP contribution in [0.25, 0.3) is 0 Å². The zero-order chi connectivity index (χ0) is 18.7. The van der Waals surface area contributed by atoms with Crippen molar-refractivity contribution in [1.29, 1.82) is 0 Å². The number of pyridine rings is 1. The molecule has 0 bridgehead atoms. The van der Waals surface area contributed by atoms with Crippen molar-refractivity contribution in [3.8, 4) is 0 Å². The summed E-state index contributed by atoms with van der Waals surface area (Å²) in [5.41, 5.74) is 1.69. The van der Waals surface area contributed by atoms with Gasteiger partial charge < -0.3 is 14.7 Å². The van der Waals surface area contributed by atoms with E-state index in [4.69, 9.17) is 28.0 Å². The van der Waals surface area contributed by atoms with Crippen LogP contribution in [0.15, 0.2) is 46.5 Å². The summed E-state index contributed by atoms with van der Waals surface area (Å²) in [6, 6.07) is 8.06. The van der Waals surface area contributed by atoms with Crippen molar-refractivity contribution >= 4 is 40.5 Å². The number of oxime groups is 1. The number of anilines is 1. The summed E-state index contributed by atoms with van der Waals surface area (Å²) in [5, 5.41) is 7.70. The molecule has 8 heteroatoms. The molecule has 0 fully saturated rings. The van der Waals surface area contributed by atoms with Crippen molar-refractivity contribution < 1.29 is 9.63 Å². The van der Waals surface area contributed by atoms with Crippen molar-refractivity contribution in [3.05, 3.63) is 62.5 Å². The lowest BCUT2D eigenvalue weighted by Gasteiger charge is -2.11. The lowest BCUT2D eigenvalue weighted by molar-refractivity contribution is -0.125. The number of hydrogen-bond acceptors (Lipinski definition) is 4. The Kier molecular flexibility index (Phi) is 5.64. The first-order valence-electron chi connectivity index (χ1n) is 8.17. The zero-order valence-electron chi connectivity index (χ0n) is 14.0. The van der Waals surface area contributed by atoms with Crippen LogP contribution in [-0.4, -0.2) is 22.3 Å². The molecule has 0 saturated heterocycles. The molecule has 136 valence electrons. The second kappa shape index (κ2) is 7.93.